The first-order valence-electron chi connectivity index (χ1n) is 8.08. The van der Waals surface area contributed by atoms with E-state index in [0.29, 0.717) is 11.4 Å². The Balaban J connectivity index is 1.81. The summed E-state index contributed by atoms with van der Waals surface area (Å²) in [5, 5.41) is 3.12. The summed E-state index contributed by atoms with van der Waals surface area (Å²) in [6.07, 6.45) is 6.76. The average molecular weight is 335 g/mol. The molecule has 25 heavy (non-hydrogen) atoms. The van der Waals surface area contributed by atoms with Crippen LogP contribution in [0.4, 0.5) is 0 Å². The molecule has 0 saturated carbocycles. The van der Waals surface area contributed by atoms with Gasteiger partial charge in [0.25, 0.3) is 5.91 Å². The van der Waals surface area contributed by atoms with Crippen molar-refractivity contribution < 1.29 is 4.79 Å². The fourth-order valence-corrected chi connectivity index (χ4v) is 2.62. The summed E-state index contributed by atoms with van der Waals surface area (Å²) in [6.45, 7) is 0.717. The van der Waals surface area contributed by atoms with E-state index in [1.807, 2.05) is 44.4 Å². The van der Waals surface area contributed by atoms with Crippen molar-refractivity contribution in [1.29, 1.82) is 0 Å². The minimum Gasteiger partial charge on any atom is -0.344 e. The molecule has 2 heterocycles. The Morgan fingerprint density at radius 3 is 2.68 bits per heavy atom. The third-order valence-corrected chi connectivity index (χ3v) is 3.83. The van der Waals surface area contributed by atoms with Crippen LogP contribution < -0.4 is 5.32 Å². The fraction of sp³-hybridized carbons (Fsp3) is 0.211. The molecule has 0 radical (unpaired) electrons. The van der Waals surface area contributed by atoms with E-state index in [1.165, 1.54) is 0 Å². The third kappa shape index (κ3) is 4.30. The van der Waals surface area contributed by atoms with E-state index in [-0.39, 0.29) is 11.9 Å². The van der Waals surface area contributed by atoms with Crippen LogP contribution in [0.1, 0.15) is 22.0 Å². The molecule has 0 unspecified atom stereocenters. The van der Waals surface area contributed by atoms with Gasteiger partial charge in [0.2, 0.25) is 0 Å². The van der Waals surface area contributed by atoms with Crippen LogP contribution in [-0.2, 0) is 0 Å². The first-order valence-corrected chi connectivity index (χ1v) is 8.08. The van der Waals surface area contributed by atoms with Gasteiger partial charge in [-0.1, -0.05) is 30.3 Å². The summed E-state index contributed by atoms with van der Waals surface area (Å²) >= 11 is 0. The van der Waals surface area contributed by atoms with Crippen molar-refractivity contribution in [2.24, 2.45) is 0 Å². The number of pyridine rings is 1. The van der Waals surface area contributed by atoms with Gasteiger partial charge in [0.05, 0.1) is 6.04 Å². The zero-order valence-electron chi connectivity index (χ0n) is 14.3. The zero-order valence-corrected chi connectivity index (χ0v) is 14.3. The van der Waals surface area contributed by atoms with Gasteiger partial charge in [0, 0.05) is 30.7 Å². The molecule has 1 amide bonds. The lowest BCUT2D eigenvalue weighted by Gasteiger charge is -2.23. The Morgan fingerprint density at radius 1 is 1.20 bits per heavy atom. The van der Waals surface area contributed by atoms with Crippen molar-refractivity contribution in [2.45, 2.75) is 6.04 Å². The van der Waals surface area contributed by atoms with Gasteiger partial charge in [-0.15, -0.1) is 0 Å². The predicted octanol–water partition coefficient (Wildman–Crippen LogP) is 2.30. The lowest BCUT2D eigenvalue weighted by atomic mass is 10.1. The molecule has 1 atom stereocenters. The maximum absolute atomic E-state index is 12.7. The van der Waals surface area contributed by atoms with Crippen LogP contribution in [0.25, 0.3) is 5.82 Å². The Morgan fingerprint density at radius 2 is 2.00 bits per heavy atom. The highest BCUT2D eigenvalue weighted by Gasteiger charge is 2.17. The molecule has 0 aliphatic rings. The normalized spacial score (nSPS) is 12.1. The van der Waals surface area contributed by atoms with Crippen LogP contribution in [0.5, 0.6) is 0 Å². The number of likely N-dealkylation sites (N-methyl/N-ethyl adjacent to an activating group) is 1. The molecule has 1 aromatic carbocycles. The van der Waals surface area contributed by atoms with Crippen LogP contribution in [0.2, 0.25) is 0 Å². The number of hydrogen-bond acceptors (Lipinski definition) is 4. The molecule has 3 aromatic rings. The molecular formula is C19H21N5O. The SMILES string of the molecule is CN(C)C[C@@H](NC(=O)c1ccnc(-n2ccnc2)c1)c1ccccc1. The molecule has 0 spiro atoms. The Hall–Kier alpha value is -2.99. The van der Waals surface area contributed by atoms with Crippen LogP contribution >= 0.6 is 0 Å². The molecule has 3 rings (SSSR count). The van der Waals surface area contributed by atoms with Crippen LogP contribution in [0.3, 0.4) is 0 Å². The molecule has 128 valence electrons. The predicted molar refractivity (Wildman–Crippen MR) is 96.6 cm³/mol. The first-order chi connectivity index (χ1) is 12.1. The van der Waals surface area contributed by atoms with Crippen molar-refractivity contribution in [3.05, 3.63) is 78.5 Å². The second-order valence-electron chi connectivity index (χ2n) is 6.07. The molecule has 0 aliphatic carbocycles. The number of rotatable bonds is 6. The van der Waals surface area contributed by atoms with Crippen LogP contribution in [0.15, 0.2) is 67.4 Å². The molecule has 1 N–H and O–H groups in total. The Labute approximate surface area is 147 Å². The number of benzene rings is 1. The summed E-state index contributed by atoms with van der Waals surface area (Å²) in [5.74, 6) is 0.536. The van der Waals surface area contributed by atoms with Crippen molar-refractivity contribution in [3.8, 4) is 5.82 Å². The monoisotopic (exact) mass is 335 g/mol. The van der Waals surface area contributed by atoms with Crippen molar-refractivity contribution >= 4 is 5.91 Å². The molecule has 0 aliphatic heterocycles. The number of aromatic nitrogens is 3. The quantitative estimate of drug-likeness (QED) is 0.751. The van der Waals surface area contributed by atoms with Crippen molar-refractivity contribution in [3.63, 3.8) is 0 Å². The van der Waals surface area contributed by atoms with E-state index in [1.54, 1.807) is 41.6 Å². The molecule has 6 nitrogen and oxygen atoms in total. The minimum atomic E-state index is -0.125. The number of nitrogens with zero attached hydrogens (tertiary/aromatic N) is 4. The largest absolute Gasteiger partial charge is 0.344 e. The van der Waals surface area contributed by atoms with Crippen molar-refractivity contribution in [2.75, 3.05) is 20.6 Å². The smallest absolute Gasteiger partial charge is 0.251 e. The van der Waals surface area contributed by atoms with Gasteiger partial charge in [-0.05, 0) is 31.8 Å². The summed E-state index contributed by atoms with van der Waals surface area (Å²) in [6, 6.07) is 13.4. The molecule has 6 heteroatoms. The van der Waals surface area contributed by atoms with E-state index >= 15 is 0 Å². The maximum atomic E-state index is 12.7. The van der Waals surface area contributed by atoms with Crippen molar-refractivity contribution in [1.82, 2.24) is 24.8 Å². The summed E-state index contributed by atoms with van der Waals surface area (Å²) in [4.78, 5) is 23.1. The van der Waals surface area contributed by atoms with Gasteiger partial charge in [0.1, 0.15) is 12.1 Å². The number of carbonyl (C=O) groups excluding carboxylic acids is 1. The number of hydrogen-bond donors (Lipinski definition) is 1. The Bertz CT molecular complexity index is 815. The second kappa shape index (κ2) is 7.72. The number of carbonyl (C=O) groups is 1. The molecular weight excluding hydrogens is 314 g/mol. The van der Waals surface area contributed by atoms with E-state index in [2.05, 4.69) is 20.2 Å². The van der Waals surface area contributed by atoms with Gasteiger partial charge >= 0.3 is 0 Å². The molecule has 0 fully saturated rings. The van der Waals surface area contributed by atoms with Gasteiger partial charge in [-0.2, -0.15) is 0 Å². The van der Waals surface area contributed by atoms with Gasteiger partial charge in [0.15, 0.2) is 0 Å². The lowest BCUT2D eigenvalue weighted by molar-refractivity contribution is 0.0930. The van der Waals surface area contributed by atoms with E-state index in [9.17, 15) is 4.79 Å². The summed E-state index contributed by atoms with van der Waals surface area (Å²) in [7, 11) is 3.98. The highest BCUT2D eigenvalue weighted by Crippen LogP contribution is 2.15. The first kappa shape index (κ1) is 16.9. The fourth-order valence-electron chi connectivity index (χ4n) is 2.62. The third-order valence-electron chi connectivity index (χ3n) is 3.83. The molecule has 0 bridgehead atoms. The standard InChI is InChI=1S/C19H21N5O/c1-23(2)13-17(15-6-4-3-5-7-15)22-19(25)16-8-9-21-18(12-16)24-11-10-20-14-24/h3-12,14,17H,13H2,1-2H3,(H,22,25)/t17-/m1/s1. The van der Waals surface area contributed by atoms with Crippen LogP contribution in [0, 0.1) is 0 Å². The molecule has 2 aromatic heterocycles. The number of imidazole rings is 1. The lowest BCUT2D eigenvalue weighted by Crippen LogP contribution is -2.35. The topological polar surface area (TPSA) is 63.1 Å². The average Bonchev–Trinajstić information content (AvgIpc) is 3.16. The number of nitrogens with one attached hydrogen (secondary N) is 1. The van der Waals surface area contributed by atoms with Gasteiger partial charge in [-0.25, -0.2) is 9.97 Å². The van der Waals surface area contributed by atoms with E-state index < -0.39 is 0 Å². The molecule has 0 saturated heterocycles. The summed E-state index contributed by atoms with van der Waals surface area (Å²) < 4.78 is 1.77. The Kier molecular flexibility index (Phi) is 5.20. The highest BCUT2D eigenvalue weighted by molar-refractivity contribution is 5.94. The highest BCUT2D eigenvalue weighted by atomic mass is 16.1. The van der Waals surface area contributed by atoms with E-state index in [4.69, 9.17) is 0 Å². The number of amides is 1. The van der Waals surface area contributed by atoms with E-state index in [0.717, 1.165) is 12.1 Å². The van der Waals surface area contributed by atoms with Crippen LogP contribution in [-0.4, -0.2) is 46.0 Å². The zero-order chi connectivity index (χ0) is 17.6. The minimum absolute atomic E-state index is 0.0893. The van der Waals surface area contributed by atoms with Gasteiger partial charge in [-0.3, -0.25) is 9.36 Å². The maximum Gasteiger partial charge on any atom is 0.251 e. The van der Waals surface area contributed by atoms with Gasteiger partial charge < -0.3 is 10.2 Å². The summed E-state index contributed by atoms with van der Waals surface area (Å²) in [5.41, 5.74) is 1.65. The second-order valence-corrected chi connectivity index (χ2v) is 6.07.